The first kappa shape index (κ1) is 26.6. The van der Waals surface area contributed by atoms with Crippen LogP contribution < -0.4 is 0 Å². The van der Waals surface area contributed by atoms with E-state index in [0.29, 0.717) is 0 Å². The molecule has 0 aliphatic carbocycles. The molecule has 1 N–H and O–H groups in total. The summed E-state index contributed by atoms with van der Waals surface area (Å²) in [4.78, 5) is 18.5. The van der Waals surface area contributed by atoms with Crippen molar-refractivity contribution in [3.05, 3.63) is 121 Å². The van der Waals surface area contributed by atoms with Gasteiger partial charge >= 0.3 is 0 Å². The molecular formula is C27H24IrN2O2-2. The van der Waals surface area contributed by atoms with E-state index >= 15 is 0 Å². The van der Waals surface area contributed by atoms with Crippen molar-refractivity contribution >= 4 is 5.78 Å². The van der Waals surface area contributed by atoms with Crippen molar-refractivity contribution in [1.29, 1.82) is 0 Å². The van der Waals surface area contributed by atoms with Gasteiger partial charge in [-0.05, 0) is 37.4 Å². The minimum absolute atomic E-state index is 0. The van der Waals surface area contributed by atoms with Crippen LogP contribution in [-0.4, -0.2) is 20.9 Å². The van der Waals surface area contributed by atoms with Gasteiger partial charge in [0.05, 0.1) is 5.76 Å². The molecule has 0 bridgehead atoms. The van der Waals surface area contributed by atoms with E-state index in [1.807, 2.05) is 84.9 Å². The number of aromatic nitrogens is 2. The molecule has 2 heterocycles. The topological polar surface area (TPSA) is 63.1 Å². The number of carbonyl (C=O) groups excluding carboxylic acids is 1. The average Bonchev–Trinajstić information content (AvgIpc) is 2.81. The summed E-state index contributed by atoms with van der Waals surface area (Å²) in [6, 6.07) is 33.6. The summed E-state index contributed by atoms with van der Waals surface area (Å²) in [7, 11) is 0. The normalized spacial score (nSPS) is 9.75. The number of hydrogen-bond donors (Lipinski definition) is 1. The van der Waals surface area contributed by atoms with Gasteiger partial charge in [-0.15, -0.1) is 71.8 Å². The van der Waals surface area contributed by atoms with Crippen molar-refractivity contribution in [2.75, 3.05) is 0 Å². The van der Waals surface area contributed by atoms with Crippen LogP contribution in [0, 0.1) is 12.1 Å². The Labute approximate surface area is 203 Å². The molecule has 0 spiro atoms. The van der Waals surface area contributed by atoms with Gasteiger partial charge < -0.3 is 15.1 Å². The van der Waals surface area contributed by atoms with Gasteiger partial charge in [0.1, 0.15) is 0 Å². The van der Waals surface area contributed by atoms with Gasteiger partial charge in [0.25, 0.3) is 0 Å². The van der Waals surface area contributed by atoms with Gasteiger partial charge in [-0.25, -0.2) is 0 Å². The van der Waals surface area contributed by atoms with E-state index < -0.39 is 0 Å². The molecule has 0 saturated carbocycles. The van der Waals surface area contributed by atoms with Crippen molar-refractivity contribution < 1.29 is 30.0 Å². The number of aliphatic hydroxyl groups excluding tert-OH is 1. The molecule has 0 aliphatic rings. The third kappa shape index (κ3) is 10.6. The van der Waals surface area contributed by atoms with Gasteiger partial charge in [-0.1, -0.05) is 24.3 Å². The summed E-state index contributed by atoms with van der Waals surface area (Å²) >= 11 is 0. The summed E-state index contributed by atoms with van der Waals surface area (Å²) in [5, 5.41) is 8.36. The zero-order valence-corrected chi connectivity index (χ0v) is 20.3. The Morgan fingerprint density at radius 2 is 1.19 bits per heavy atom. The molecule has 4 aromatic rings. The minimum Gasteiger partial charge on any atom is -0.512 e. The second-order valence-corrected chi connectivity index (χ2v) is 6.38. The Hall–Kier alpha value is -3.40. The summed E-state index contributed by atoms with van der Waals surface area (Å²) < 4.78 is 0. The average molecular weight is 601 g/mol. The zero-order valence-electron chi connectivity index (χ0n) is 17.9. The molecule has 2 aromatic carbocycles. The molecule has 0 amide bonds. The van der Waals surface area contributed by atoms with Crippen LogP contribution in [-0.2, 0) is 24.9 Å². The van der Waals surface area contributed by atoms with Crippen LogP contribution in [0.25, 0.3) is 22.5 Å². The largest absolute Gasteiger partial charge is 0.512 e. The molecule has 4 rings (SSSR count). The molecule has 2 aromatic heterocycles. The van der Waals surface area contributed by atoms with Gasteiger partial charge in [0, 0.05) is 38.6 Å². The zero-order chi connectivity index (χ0) is 22.3. The van der Waals surface area contributed by atoms with E-state index in [-0.39, 0.29) is 31.6 Å². The van der Waals surface area contributed by atoms with Crippen LogP contribution in [0.3, 0.4) is 0 Å². The van der Waals surface area contributed by atoms with Gasteiger partial charge in [0.15, 0.2) is 5.78 Å². The molecule has 1 radical (unpaired) electrons. The van der Waals surface area contributed by atoms with E-state index in [4.69, 9.17) is 5.11 Å². The van der Waals surface area contributed by atoms with E-state index in [9.17, 15) is 4.79 Å². The Bertz CT molecular complexity index is 902. The van der Waals surface area contributed by atoms with Crippen molar-refractivity contribution in [1.82, 2.24) is 9.97 Å². The standard InChI is InChI=1S/2C11H8N.C5H8O2.Ir/c2*1-2-6-10(7-3-1)11-8-4-5-9-12-11;1-4(6)3-5(2)7;/h2*1-6,8-9H;3,6H,1-2H3;/q2*-1;;/b;;4-3+;. The fourth-order valence-corrected chi connectivity index (χ4v) is 2.44. The molecule has 0 atom stereocenters. The second-order valence-electron chi connectivity index (χ2n) is 6.38. The third-order valence-corrected chi connectivity index (χ3v) is 3.71. The second kappa shape index (κ2) is 15.4. The van der Waals surface area contributed by atoms with Crippen LogP contribution in [0.5, 0.6) is 0 Å². The number of benzene rings is 2. The fraction of sp³-hybridized carbons (Fsp3) is 0.0741. The predicted octanol–water partition coefficient (Wildman–Crippen LogP) is 6.13. The van der Waals surface area contributed by atoms with Gasteiger partial charge in [0.2, 0.25) is 0 Å². The molecular weight excluding hydrogens is 577 g/mol. The Kier molecular flexibility index (Phi) is 12.8. The van der Waals surface area contributed by atoms with Crippen LogP contribution in [0.1, 0.15) is 13.8 Å². The van der Waals surface area contributed by atoms with Crippen LogP contribution in [0.4, 0.5) is 0 Å². The molecule has 4 nitrogen and oxygen atoms in total. The maximum atomic E-state index is 10.0. The Morgan fingerprint density at radius 3 is 1.44 bits per heavy atom. The van der Waals surface area contributed by atoms with Crippen molar-refractivity contribution in [2.45, 2.75) is 13.8 Å². The van der Waals surface area contributed by atoms with E-state index in [0.717, 1.165) is 22.5 Å². The number of rotatable bonds is 3. The summed E-state index contributed by atoms with van der Waals surface area (Å²) in [5.74, 6) is -0.0625. The number of ketones is 1. The van der Waals surface area contributed by atoms with Gasteiger partial charge in [-0.3, -0.25) is 4.79 Å². The summed E-state index contributed by atoms with van der Waals surface area (Å²) in [5.41, 5.74) is 4.02. The van der Waals surface area contributed by atoms with E-state index in [1.54, 1.807) is 12.4 Å². The minimum atomic E-state index is -0.125. The van der Waals surface area contributed by atoms with Crippen molar-refractivity contribution in [3.63, 3.8) is 0 Å². The number of hydrogen-bond acceptors (Lipinski definition) is 4. The van der Waals surface area contributed by atoms with Crippen LogP contribution in [0.15, 0.2) is 109 Å². The molecule has 0 unspecified atom stereocenters. The number of aliphatic hydroxyl groups is 1. The third-order valence-electron chi connectivity index (χ3n) is 3.71. The molecule has 0 aliphatic heterocycles. The SMILES string of the molecule is CC(=O)/C=C(\C)O.[Ir].[c-]1ccccc1-c1ccccn1.[c-]1ccccc1-c1ccccn1. The quantitative estimate of drug-likeness (QED) is 0.175. The maximum absolute atomic E-state index is 10.0. The van der Waals surface area contributed by atoms with Crippen molar-refractivity contribution in [2.24, 2.45) is 0 Å². The predicted molar refractivity (Wildman–Crippen MR) is 124 cm³/mol. The number of pyridine rings is 2. The van der Waals surface area contributed by atoms with Gasteiger partial charge in [-0.2, -0.15) is 0 Å². The molecule has 0 saturated heterocycles. The van der Waals surface area contributed by atoms with E-state index in [1.165, 1.54) is 19.9 Å². The first-order valence-corrected chi connectivity index (χ1v) is 9.70. The molecule has 0 fully saturated rings. The maximum Gasteiger partial charge on any atom is 0.155 e. The molecule has 5 heteroatoms. The summed E-state index contributed by atoms with van der Waals surface area (Å²) in [6.45, 7) is 2.85. The Morgan fingerprint density at radius 1 is 0.750 bits per heavy atom. The van der Waals surface area contributed by atoms with E-state index in [2.05, 4.69) is 22.1 Å². The number of allylic oxidation sites excluding steroid dienone is 2. The summed E-state index contributed by atoms with van der Waals surface area (Å²) in [6.07, 6.45) is 4.74. The smallest absolute Gasteiger partial charge is 0.155 e. The number of nitrogens with zero attached hydrogens (tertiary/aromatic N) is 2. The fourth-order valence-electron chi connectivity index (χ4n) is 2.44. The van der Waals surface area contributed by atoms with Crippen molar-refractivity contribution in [3.8, 4) is 22.5 Å². The molecule has 32 heavy (non-hydrogen) atoms. The first-order chi connectivity index (χ1) is 15.1. The van der Waals surface area contributed by atoms with Crippen LogP contribution in [0.2, 0.25) is 0 Å². The Balaban J connectivity index is 0.000000246. The monoisotopic (exact) mass is 601 g/mol. The molecule has 165 valence electrons. The first-order valence-electron chi connectivity index (χ1n) is 9.70. The number of carbonyl (C=O) groups is 1. The van der Waals surface area contributed by atoms with Crippen LogP contribution >= 0.6 is 0 Å².